The molecular weight excluding hydrogens is 438 g/mol. The Hall–Kier alpha value is -3.65. The van der Waals surface area contributed by atoms with Gasteiger partial charge in [0.2, 0.25) is 0 Å². The van der Waals surface area contributed by atoms with Gasteiger partial charge in [-0.3, -0.25) is 14.4 Å². The third kappa shape index (κ3) is 4.97. The summed E-state index contributed by atoms with van der Waals surface area (Å²) in [5.41, 5.74) is 2.70. The molecule has 1 saturated heterocycles. The molecule has 0 saturated carbocycles. The molecule has 3 atom stereocenters. The van der Waals surface area contributed by atoms with Gasteiger partial charge in [0, 0.05) is 49.4 Å². The molecule has 0 bridgehead atoms. The second-order valence-corrected chi connectivity index (χ2v) is 8.51. The van der Waals surface area contributed by atoms with Crippen molar-refractivity contribution in [3.63, 3.8) is 0 Å². The Morgan fingerprint density at radius 2 is 1.79 bits per heavy atom. The molecule has 8 nitrogen and oxygen atoms in total. The van der Waals surface area contributed by atoms with E-state index in [9.17, 15) is 19.5 Å². The number of esters is 2. The standard InChI is InChI=1S/C26H27NO7/c1-15-5-4-6-23-25(15)22(26(31)18-7-9-19(30)10-8-18)13-27(23)24-12-20(33-17(3)29)11-21(34-24)14-32-16(2)28/h4-10,13,20-21,24,30H,11-12,14H2,1-3H3. The van der Waals surface area contributed by atoms with E-state index in [-0.39, 0.29) is 18.1 Å². The molecular formula is C26H27NO7. The molecule has 3 aromatic rings. The number of nitrogens with zero attached hydrogens (tertiary/aromatic N) is 1. The van der Waals surface area contributed by atoms with Crippen molar-refractivity contribution in [2.45, 2.75) is 52.0 Å². The van der Waals surface area contributed by atoms with Gasteiger partial charge in [-0.25, -0.2) is 0 Å². The number of carbonyl (C=O) groups is 3. The predicted octanol–water partition coefficient (Wildman–Crippen LogP) is 4.06. The first-order valence-electron chi connectivity index (χ1n) is 11.1. The molecule has 3 unspecified atom stereocenters. The number of rotatable bonds is 6. The summed E-state index contributed by atoms with van der Waals surface area (Å²) < 4.78 is 18.8. The van der Waals surface area contributed by atoms with Crippen LogP contribution in [-0.2, 0) is 23.8 Å². The van der Waals surface area contributed by atoms with Gasteiger partial charge in [-0.2, -0.15) is 0 Å². The lowest BCUT2D eigenvalue weighted by atomic mass is 10.00. The first-order valence-corrected chi connectivity index (χ1v) is 11.1. The second kappa shape index (κ2) is 9.69. The normalized spacial score (nSPS) is 20.1. The number of aryl methyl sites for hydroxylation is 1. The van der Waals surface area contributed by atoms with Crippen LogP contribution in [0.3, 0.4) is 0 Å². The Morgan fingerprint density at radius 1 is 1.06 bits per heavy atom. The minimum atomic E-state index is -0.538. The molecule has 0 spiro atoms. The topological polar surface area (TPSA) is 104 Å². The number of carbonyl (C=O) groups excluding carboxylic acids is 3. The Labute approximate surface area is 197 Å². The highest BCUT2D eigenvalue weighted by atomic mass is 16.6. The molecule has 0 radical (unpaired) electrons. The Bertz CT molecular complexity index is 1230. The lowest BCUT2D eigenvalue weighted by molar-refractivity contribution is -0.178. The van der Waals surface area contributed by atoms with E-state index in [1.165, 1.54) is 26.0 Å². The summed E-state index contributed by atoms with van der Waals surface area (Å²) in [7, 11) is 0. The molecule has 0 aliphatic carbocycles. The van der Waals surface area contributed by atoms with Gasteiger partial charge in [0.15, 0.2) is 5.78 Å². The summed E-state index contributed by atoms with van der Waals surface area (Å²) in [4.78, 5) is 36.4. The highest BCUT2D eigenvalue weighted by Gasteiger charge is 2.34. The van der Waals surface area contributed by atoms with Crippen molar-refractivity contribution < 1.29 is 33.7 Å². The molecule has 0 amide bonds. The molecule has 1 aliphatic rings. The van der Waals surface area contributed by atoms with Gasteiger partial charge < -0.3 is 23.9 Å². The number of ketones is 1. The van der Waals surface area contributed by atoms with Gasteiger partial charge >= 0.3 is 11.9 Å². The van der Waals surface area contributed by atoms with Gasteiger partial charge in [0.25, 0.3) is 0 Å². The molecule has 34 heavy (non-hydrogen) atoms. The van der Waals surface area contributed by atoms with E-state index < -0.39 is 30.4 Å². The van der Waals surface area contributed by atoms with Crippen molar-refractivity contribution in [2.24, 2.45) is 0 Å². The molecule has 1 fully saturated rings. The summed E-state index contributed by atoms with van der Waals surface area (Å²) >= 11 is 0. The second-order valence-electron chi connectivity index (χ2n) is 8.51. The smallest absolute Gasteiger partial charge is 0.302 e. The van der Waals surface area contributed by atoms with Gasteiger partial charge in [-0.05, 0) is 42.8 Å². The van der Waals surface area contributed by atoms with Crippen LogP contribution in [-0.4, -0.2) is 46.2 Å². The minimum absolute atomic E-state index is 0.0428. The van der Waals surface area contributed by atoms with E-state index in [1.54, 1.807) is 18.3 Å². The molecule has 1 N–H and O–H groups in total. The van der Waals surface area contributed by atoms with Crippen LogP contribution in [0.1, 0.15) is 54.4 Å². The van der Waals surface area contributed by atoms with Crippen LogP contribution < -0.4 is 0 Å². The molecule has 2 heterocycles. The van der Waals surface area contributed by atoms with E-state index in [0.29, 0.717) is 24.0 Å². The average molecular weight is 466 g/mol. The quantitative estimate of drug-likeness (QED) is 0.432. The highest BCUT2D eigenvalue weighted by Crippen LogP contribution is 2.35. The zero-order chi connectivity index (χ0) is 24.4. The van der Waals surface area contributed by atoms with Crippen LogP contribution in [0.5, 0.6) is 5.75 Å². The van der Waals surface area contributed by atoms with Gasteiger partial charge in [0.05, 0.1) is 11.6 Å². The van der Waals surface area contributed by atoms with E-state index in [1.807, 2.05) is 29.7 Å². The minimum Gasteiger partial charge on any atom is -0.508 e. The first-order chi connectivity index (χ1) is 16.2. The van der Waals surface area contributed by atoms with Gasteiger partial charge in [0.1, 0.15) is 24.7 Å². The van der Waals surface area contributed by atoms with Crippen molar-refractivity contribution in [1.29, 1.82) is 0 Å². The van der Waals surface area contributed by atoms with Crippen LogP contribution in [0.15, 0.2) is 48.7 Å². The summed E-state index contributed by atoms with van der Waals surface area (Å²) in [6.07, 6.45) is 1.13. The van der Waals surface area contributed by atoms with Crippen molar-refractivity contribution in [1.82, 2.24) is 4.57 Å². The van der Waals surface area contributed by atoms with E-state index in [0.717, 1.165) is 16.5 Å². The van der Waals surface area contributed by atoms with Crippen LogP contribution in [0.25, 0.3) is 10.9 Å². The molecule has 178 valence electrons. The SMILES string of the molecule is CC(=O)OCC1CC(OC(C)=O)CC(n2cc(C(=O)c3ccc(O)cc3)c3c(C)cccc32)O1. The van der Waals surface area contributed by atoms with Gasteiger partial charge in [-0.1, -0.05) is 12.1 Å². The number of ether oxygens (including phenoxy) is 3. The first kappa shape index (κ1) is 23.5. The molecule has 2 aromatic carbocycles. The zero-order valence-electron chi connectivity index (χ0n) is 19.3. The largest absolute Gasteiger partial charge is 0.508 e. The molecule has 8 heteroatoms. The lowest BCUT2D eigenvalue weighted by Crippen LogP contribution is -2.38. The average Bonchev–Trinajstić information content (AvgIpc) is 3.18. The fourth-order valence-corrected chi connectivity index (χ4v) is 4.45. The number of hydrogen-bond acceptors (Lipinski definition) is 7. The van der Waals surface area contributed by atoms with Crippen LogP contribution in [0.4, 0.5) is 0 Å². The van der Waals surface area contributed by atoms with Crippen LogP contribution in [0.2, 0.25) is 0 Å². The maximum atomic E-state index is 13.4. The summed E-state index contributed by atoms with van der Waals surface area (Å²) in [5, 5.41) is 10.4. The molecule has 1 aromatic heterocycles. The van der Waals surface area contributed by atoms with Crippen molar-refractivity contribution in [2.75, 3.05) is 6.61 Å². The summed E-state index contributed by atoms with van der Waals surface area (Å²) in [6.45, 7) is 4.66. The molecule has 1 aliphatic heterocycles. The fourth-order valence-electron chi connectivity index (χ4n) is 4.45. The van der Waals surface area contributed by atoms with Crippen molar-refractivity contribution in [3.8, 4) is 5.75 Å². The monoisotopic (exact) mass is 465 g/mol. The number of aromatic nitrogens is 1. The fraction of sp³-hybridized carbons (Fsp3) is 0.346. The number of hydrogen-bond donors (Lipinski definition) is 1. The Balaban J connectivity index is 1.74. The number of phenols is 1. The van der Waals surface area contributed by atoms with E-state index >= 15 is 0 Å². The number of aromatic hydroxyl groups is 1. The van der Waals surface area contributed by atoms with Crippen LogP contribution >= 0.6 is 0 Å². The van der Waals surface area contributed by atoms with E-state index in [4.69, 9.17) is 14.2 Å². The maximum absolute atomic E-state index is 13.4. The third-order valence-corrected chi connectivity index (χ3v) is 5.90. The predicted molar refractivity (Wildman–Crippen MR) is 124 cm³/mol. The Kier molecular flexibility index (Phi) is 6.70. The van der Waals surface area contributed by atoms with Crippen molar-refractivity contribution >= 4 is 28.6 Å². The van der Waals surface area contributed by atoms with Gasteiger partial charge in [-0.15, -0.1) is 0 Å². The van der Waals surface area contributed by atoms with Crippen molar-refractivity contribution in [3.05, 3.63) is 65.4 Å². The number of benzene rings is 2. The summed E-state index contributed by atoms with van der Waals surface area (Å²) in [5.74, 6) is -0.908. The summed E-state index contributed by atoms with van der Waals surface area (Å²) in [6, 6.07) is 11.9. The maximum Gasteiger partial charge on any atom is 0.302 e. The number of fused-ring (bicyclic) bond motifs is 1. The number of phenolic OH excluding ortho intramolecular Hbond substituents is 1. The van der Waals surface area contributed by atoms with Crippen LogP contribution in [0, 0.1) is 6.92 Å². The molecule has 4 rings (SSSR count). The highest BCUT2D eigenvalue weighted by molar-refractivity contribution is 6.17. The van der Waals surface area contributed by atoms with E-state index in [2.05, 4.69) is 0 Å². The third-order valence-electron chi connectivity index (χ3n) is 5.90. The Morgan fingerprint density at radius 3 is 2.47 bits per heavy atom. The lowest BCUT2D eigenvalue weighted by Gasteiger charge is -2.35. The zero-order valence-corrected chi connectivity index (χ0v) is 19.3.